The van der Waals surface area contributed by atoms with Crippen molar-refractivity contribution in [3.63, 3.8) is 0 Å². The molecule has 0 fully saturated rings. The van der Waals surface area contributed by atoms with E-state index in [-0.39, 0.29) is 11.8 Å². The lowest BCUT2D eigenvalue weighted by molar-refractivity contribution is -0.133. The Hall–Kier alpha value is -3.12. The van der Waals surface area contributed by atoms with Crippen LogP contribution in [0.5, 0.6) is 0 Å². The molecular weight excluding hydrogens is 532 g/mol. The van der Waals surface area contributed by atoms with Crippen LogP contribution in [0.15, 0.2) is 30.3 Å². The van der Waals surface area contributed by atoms with Crippen molar-refractivity contribution in [1.29, 1.82) is 0 Å². The molecule has 0 aliphatic carbocycles. The smallest absolute Gasteiger partial charge is 0.243 e. The van der Waals surface area contributed by atoms with Crippen molar-refractivity contribution in [3.05, 3.63) is 35.9 Å². The Bertz CT molecular complexity index is 977. The Morgan fingerprint density at radius 1 is 0.900 bits per heavy atom. The van der Waals surface area contributed by atoms with Gasteiger partial charge in [-0.25, -0.2) is 0 Å². The molecule has 1 aromatic carbocycles. The molecule has 0 radical (unpaired) electrons. The largest absolute Gasteiger partial charge is 0.368 e. The fraction of sp³-hybridized carbons (Fsp3) is 0.607. The topological polar surface area (TPSA) is 186 Å². The molecule has 5 unspecified atom stereocenters. The quantitative estimate of drug-likeness (QED) is 0.146. The summed E-state index contributed by atoms with van der Waals surface area (Å²) in [7, 11) is 0. The van der Waals surface area contributed by atoms with Gasteiger partial charge in [-0.05, 0) is 48.7 Å². The van der Waals surface area contributed by atoms with E-state index < -0.39 is 60.2 Å². The predicted molar refractivity (Wildman–Crippen MR) is 158 cm³/mol. The Balaban J connectivity index is 2.79. The summed E-state index contributed by atoms with van der Waals surface area (Å²) < 4.78 is 0. The molecule has 8 N–H and O–H groups in total. The van der Waals surface area contributed by atoms with Crippen LogP contribution < -0.4 is 32.7 Å². The third kappa shape index (κ3) is 12.8. The second kappa shape index (κ2) is 18.3. The lowest BCUT2D eigenvalue weighted by Gasteiger charge is -2.26. The van der Waals surface area contributed by atoms with Gasteiger partial charge in [0.2, 0.25) is 29.5 Å². The fourth-order valence-corrected chi connectivity index (χ4v) is 4.41. The molecule has 0 saturated carbocycles. The molecule has 5 atom stereocenters. The van der Waals surface area contributed by atoms with E-state index in [1.807, 2.05) is 64.3 Å². The highest BCUT2D eigenvalue weighted by Gasteiger charge is 2.29. The number of hydrogen-bond acceptors (Lipinski definition) is 7. The first-order chi connectivity index (χ1) is 18.9. The Labute approximate surface area is 241 Å². The van der Waals surface area contributed by atoms with Crippen LogP contribution in [0.2, 0.25) is 0 Å². The van der Waals surface area contributed by atoms with E-state index in [0.717, 1.165) is 5.56 Å². The maximum absolute atomic E-state index is 13.0. The fourth-order valence-electron chi connectivity index (χ4n) is 3.94. The number of carbonyl (C=O) groups excluding carboxylic acids is 5. The Morgan fingerprint density at radius 2 is 1.55 bits per heavy atom. The first kappa shape index (κ1) is 34.9. The number of primary amides is 1. The van der Waals surface area contributed by atoms with Gasteiger partial charge in [0.15, 0.2) is 0 Å². The second-order valence-corrected chi connectivity index (χ2v) is 11.4. The summed E-state index contributed by atoms with van der Waals surface area (Å²) in [5.74, 6) is -2.26. The van der Waals surface area contributed by atoms with Crippen molar-refractivity contribution < 1.29 is 24.0 Å². The predicted octanol–water partition coefficient (Wildman–Crippen LogP) is 0.458. The highest BCUT2D eigenvalue weighted by molar-refractivity contribution is 7.98. The lowest BCUT2D eigenvalue weighted by Crippen LogP contribution is -2.57. The van der Waals surface area contributed by atoms with Gasteiger partial charge in [0, 0.05) is 0 Å². The van der Waals surface area contributed by atoms with E-state index in [1.54, 1.807) is 0 Å². The van der Waals surface area contributed by atoms with Gasteiger partial charge in [0.05, 0.1) is 12.6 Å². The molecule has 0 spiro atoms. The van der Waals surface area contributed by atoms with E-state index in [9.17, 15) is 24.0 Å². The van der Waals surface area contributed by atoms with Crippen LogP contribution in [0, 0.1) is 11.8 Å². The monoisotopic (exact) mass is 578 g/mol. The van der Waals surface area contributed by atoms with Crippen molar-refractivity contribution in [1.82, 2.24) is 21.3 Å². The summed E-state index contributed by atoms with van der Waals surface area (Å²) in [6.45, 7) is 7.11. The summed E-state index contributed by atoms with van der Waals surface area (Å²) in [4.78, 5) is 63.2. The van der Waals surface area contributed by atoms with Crippen LogP contribution in [-0.4, -0.2) is 72.3 Å². The van der Waals surface area contributed by atoms with Crippen molar-refractivity contribution in [2.45, 2.75) is 77.5 Å². The highest BCUT2D eigenvalue weighted by atomic mass is 32.2. The SMILES string of the molecule is CCC(C)C(NC(=O)C(N)Cc1ccccc1)C(=O)NCC(=O)NC(CC(C)C)C(=O)NC(CCSC)C(N)=O. The number of nitrogens with one attached hydrogen (secondary N) is 4. The highest BCUT2D eigenvalue weighted by Crippen LogP contribution is 2.10. The molecule has 224 valence electrons. The number of thioether (sulfide) groups is 1. The number of rotatable bonds is 18. The van der Waals surface area contributed by atoms with E-state index >= 15 is 0 Å². The molecular formula is C28H46N6O5S. The molecule has 0 bridgehead atoms. The summed E-state index contributed by atoms with van der Waals surface area (Å²) in [6.07, 6.45) is 3.50. The summed E-state index contributed by atoms with van der Waals surface area (Å²) in [6, 6.07) is 5.83. The van der Waals surface area contributed by atoms with Crippen LogP contribution in [0.1, 0.15) is 52.5 Å². The molecule has 0 heterocycles. The number of amides is 5. The summed E-state index contributed by atoms with van der Waals surface area (Å²) in [5, 5.41) is 10.6. The molecule has 0 aromatic heterocycles. The number of benzene rings is 1. The van der Waals surface area contributed by atoms with E-state index in [0.29, 0.717) is 31.4 Å². The maximum atomic E-state index is 13.0. The van der Waals surface area contributed by atoms with Crippen molar-refractivity contribution in [2.24, 2.45) is 23.3 Å². The average Bonchev–Trinajstić information content (AvgIpc) is 2.91. The molecule has 11 nitrogen and oxygen atoms in total. The first-order valence-corrected chi connectivity index (χ1v) is 15.0. The maximum Gasteiger partial charge on any atom is 0.243 e. The normalized spacial score (nSPS) is 14.8. The minimum absolute atomic E-state index is 0.0638. The van der Waals surface area contributed by atoms with Crippen LogP contribution in [-0.2, 0) is 30.4 Å². The van der Waals surface area contributed by atoms with Gasteiger partial charge in [-0.2, -0.15) is 11.8 Å². The van der Waals surface area contributed by atoms with Gasteiger partial charge in [-0.1, -0.05) is 64.4 Å². The molecule has 40 heavy (non-hydrogen) atoms. The molecule has 5 amide bonds. The minimum atomic E-state index is -0.915. The number of carbonyl (C=O) groups is 5. The van der Waals surface area contributed by atoms with Gasteiger partial charge >= 0.3 is 0 Å². The minimum Gasteiger partial charge on any atom is -0.368 e. The van der Waals surface area contributed by atoms with Crippen LogP contribution in [0.3, 0.4) is 0 Å². The molecule has 0 aliphatic heterocycles. The van der Waals surface area contributed by atoms with E-state index in [2.05, 4.69) is 21.3 Å². The van der Waals surface area contributed by atoms with Gasteiger partial charge in [0.1, 0.15) is 18.1 Å². The first-order valence-electron chi connectivity index (χ1n) is 13.6. The van der Waals surface area contributed by atoms with Gasteiger partial charge in [-0.3, -0.25) is 24.0 Å². The van der Waals surface area contributed by atoms with Crippen LogP contribution in [0.25, 0.3) is 0 Å². The third-order valence-corrected chi connectivity index (χ3v) is 7.12. The Kier molecular flexibility index (Phi) is 15.9. The van der Waals surface area contributed by atoms with Crippen molar-refractivity contribution in [2.75, 3.05) is 18.6 Å². The molecule has 0 aliphatic rings. The van der Waals surface area contributed by atoms with E-state index in [1.165, 1.54) is 11.8 Å². The summed E-state index contributed by atoms with van der Waals surface area (Å²) in [5.41, 5.74) is 12.4. The molecule has 1 aromatic rings. The second-order valence-electron chi connectivity index (χ2n) is 10.4. The zero-order chi connectivity index (χ0) is 30.2. The zero-order valence-electron chi connectivity index (χ0n) is 24.2. The zero-order valence-corrected chi connectivity index (χ0v) is 25.0. The molecule has 0 saturated heterocycles. The third-order valence-electron chi connectivity index (χ3n) is 6.48. The average molecular weight is 579 g/mol. The molecule has 12 heteroatoms. The van der Waals surface area contributed by atoms with E-state index in [4.69, 9.17) is 11.5 Å². The van der Waals surface area contributed by atoms with Crippen LogP contribution >= 0.6 is 11.8 Å². The van der Waals surface area contributed by atoms with Crippen molar-refractivity contribution in [3.8, 4) is 0 Å². The van der Waals surface area contributed by atoms with Crippen LogP contribution in [0.4, 0.5) is 0 Å². The number of hydrogen-bond donors (Lipinski definition) is 6. The number of nitrogens with two attached hydrogens (primary N) is 2. The molecule has 1 rings (SSSR count). The van der Waals surface area contributed by atoms with Gasteiger partial charge in [-0.15, -0.1) is 0 Å². The summed E-state index contributed by atoms with van der Waals surface area (Å²) >= 11 is 1.52. The Morgan fingerprint density at radius 3 is 2.10 bits per heavy atom. The van der Waals surface area contributed by atoms with Crippen molar-refractivity contribution >= 4 is 41.3 Å². The van der Waals surface area contributed by atoms with Gasteiger partial charge in [0.25, 0.3) is 0 Å². The lowest BCUT2D eigenvalue weighted by atomic mass is 9.97. The standard InChI is InChI=1S/C28H46N6O5S/c1-6-18(4)24(34-26(37)20(29)15-19-10-8-7-9-11-19)28(39)31-16-23(35)32-22(14-17(2)3)27(38)33-21(25(30)36)12-13-40-5/h7-11,17-18,20-22,24H,6,12-16,29H2,1-5H3,(H2,30,36)(H,31,39)(H,32,35)(H,33,38)(H,34,37). The van der Waals surface area contributed by atoms with Gasteiger partial charge < -0.3 is 32.7 Å².